The van der Waals surface area contributed by atoms with E-state index in [1.165, 1.54) is 18.2 Å². The van der Waals surface area contributed by atoms with E-state index in [1.807, 2.05) is 0 Å². The second-order valence-corrected chi connectivity index (χ2v) is 5.07. The first kappa shape index (κ1) is 15.8. The molecule has 1 atom stereocenters. The molecule has 0 aromatic heterocycles. The highest BCUT2D eigenvalue weighted by Crippen LogP contribution is 2.33. The van der Waals surface area contributed by atoms with Crippen LogP contribution in [0.25, 0.3) is 0 Å². The number of rotatable bonds is 3. The van der Waals surface area contributed by atoms with Crippen molar-refractivity contribution in [3.8, 4) is 5.75 Å². The van der Waals surface area contributed by atoms with Gasteiger partial charge in [-0.2, -0.15) is 0 Å². The summed E-state index contributed by atoms with van der Waals surface area (Å²) < 4.78 is 65.9. The van der Waals surface area contributed by atoms with Crippen LogP contribution in [0.2, 0.25) is 0 Å². The molecule has 112 valence electrons. The molecule has 0 saturated heterocycles. The molecule has 0 saturated carbocycles. The zero-order valence-corrected chi connectivity index (χ0v) is 11.9. The van der Waals surface area contributed by atoms with E-state index < -0.39 is 22.8 Å². The predicted octanol–water partition coefficient (Wildman–Crippen LogP) is 5.35. The van der Waals surface area contributed by atoms with Crippen molar-refractivity contribution >= 4 is 15.9 Å². The minimum atomic E-state index is -4.75. The van der Waals surface area contributed by atoms with Crippen LogP contribution in [-0.4, -0.2) is 6.36 Å². The Morgan fingerprint density at radius 2 is 1.43 bits per heavy atom. The van der Waals surface area contributed by atoms with Gasteiger partial charge < -0.3 is 4.74 Å². The lowest BCUT2D eigenvalue weighted by Crippen LogP contribution is -2.17. The molecule has 0 fully saturated rings. The van der Waals surface area contributed by atoms with Crippen molar-refractivity contribution in [1.29, 1.82) is 0 Å². The number of alkyl halides is 4. The molecule has 0 amide bonds. The van der Waals surface area contributed by atoms with E-state index in [4.69, 9.17) is 0 Å². The average Bonchev–Trinajstić information content (AvgIpc) is 2.40. The van der Waals surface area contributed by atoms with Gasteiger partial charge in [-0.15, -0.1) is 13.2 Å². The van der Waals surface area contributed by atoms with Crippen molar-refractivity contribution in [2.45, 2.75) is 11.2 Å². The number of hydrogen-bond acceptors (Lipinski definition) is 1. The van der Waals surface area contributed by atoms with Crippen LogP contribution in [0, 0.1) is 11.6 Å². The van der Waals surface area contributed by atoms with Crippen molar-refractivity contribution in [1.82, 2.24) is 0 Å². The molecule has 2 rings (SSSR count). The maximum atomic E-state index is 13.2. The molecule has 0 heterocycles. The van der Waals surface area contributed by atoms with Crippen LogP contribution in [0.3, 0.4) is 0 Å². The Bertz CT molecular complexity index is 624. The fourth-order valence-corrected chi connectivity index (χ4v) is 2.29. The zero-order chi connectivity index (χ0) is 15.6. The van der Waals surface area contributed by atoms with E-state index in [-0.39, 0.29) is 5.75 Å². The largest absolute Gasteiger partial charge is 0.573 e. The van der Waals surface area contributed by atoms with Gasteiger partial charge in [-0.05, 0) is 35.4 Å². The molecule has 1 nitrogen and oxygen atoms in total. The normalized spacial score (nSPS) is 13.0. The third-order valence-corrected chi connectivity index (χ3v) is 3.70. The van der Waals surface area contributed by atoms with Crippen LogP contribution in [0.15, 0.2) is 42.5 Å². The first-order valence-electron chi connectivity index (χ1n) is 5.71. The fourth-order valence-electron chi connectivity index (χ4n) is 1.70. The lowest BCUT2D eigenvalue weighted by Gasteiger charge is -2.13. The van der Waals surface area contributed by atoms with Crippen LogP contribution in [0.1, 0.15) is 16.0 Å². The molecule has 0 aliphatic rings. The second-order valence-electron chi connectivity index (χ2n) is 4.15. The lowest BCUT2D eigenvalue weighted by molar-refractivity contribution is -0.274. The summed E-state index contributed by atoms with van der Waals surface area (Å²) in [6.07, 6.45) is -4.75. The monoisotopic (exact) mass is 366 g/mol. The Morgan fingerprint density at radius 3 is 1.95 bits per heavy atom. The van der Waals surface area contributed by atoms with Gasteiger partial charge in [-0.3, -0.25) is 0 Å². The summed E-state index contributed by atoms with van der Waals surface area (Å²) in [5.74, 6) is -2.31. The Labute approximate surface area is 125 Å². The SMILES string of the molecule is Fc1ccc(C(Br)c2ccc(OC(F)(F)F)cc2)cc1F. The molecule has 7 heteroatoms. The number of benzene rings is 2. The molecule has 0 N–H and O–H groups in total. The van der Waals surface area contributed by atoms with Crippen LogP contribution in [0.5, 0.6) is 5.75 Å². The summed E-state index contributed by atoms with van der Waals surface area (Å²) in [6.45, 7) is 0. The summed E-state index contributed by atoms with van der Waals surface area (Å²) >= 11 is 3.29. The molecule has 0 radical (unpaired) electrons. The summed E-state index contributed by atoms with van der Waals surface area (Å²) in [7, 11) is 0. The third kappa shape index (κ3) is 4.17. The van der Waals surface area contributed by atoms with E-state index in [1.54, 1.807) is 0 Å². The molecule has 0 aliphatic carbocycles. The smallest absolute Gasteiger partial charge is 0.406 e. The van der Waals surface area contributed by atoms with Gasteiger partial charge in [0.05, 0.1) is 4.83 Å². The van der Waals surface area contributed by atoms with Gasteiger partial charge in [-0.1, -0.05) is 34.1 Å². The number of halogens is 6. The van der Waals surface area contributed by atoms with Crippen LogP contribution in [-0.2, 0) is 0 Å². The van der Waals surface area contributed by atoms with Crippen molar-refractivity contribution in [2.24, 2.45) is 0 Å². The Morgan fingerprint density at radius 1 is 0.857 bits per heavy atom. The third-order valence-electron chi connectivity index (χ3n) is 2.64. The second kappa shape index (κ2) is 6.01. The molecular weight excluding hydrogens is 359 g/mol. The Kier molecular flexibility index (Phi) is 4.51. The van der Waals surface area contributed by atoms with Gasteiger partial charge in [0.25, 0.3) is 0 Å². The molecule has 2 aromatic rings. The van der Waals surface area contributed by atoms with Crippen molar-refractivity contribution in [2.75, 3.05) is 0 Å². The van der Waals surface area contributed by atoms with Gasteiger partial charge in [0.2, 0.25) is 0 Å². The maximum Gasteiger partial charge on any atom is 0.573 e. The van der Waals surface area contributed by atoms with Crippen molar-refractivity contribution in [3.63, 3.8) is 0 Å². The fraction of sp³-hybridized carbons (Fsp3) is 0.143. The van der Waals surface area contributed by atoms with Gasteiger partial charge >= 0.3 is 6.36 Å². The lowest BCUT2D eigenvalue weighted by atomic mass is 10.0. The van der Waals surface area contributed by atoms with E-state index in [0.717, 1.165) is 24.3 Å². The minimum absolute atomic E-state index is 0.351. The molecule has 0 aliphatic heterocycles. The van der Waals surface area contributed by atoms with Gasteiger partial charge in [0.1, 0.15) is 5.75 Å². The summed E-state index contributed by atoms with van der Waals surface area (Å²) in [4.78, 5) is -0.479. The van der Waals surface area contributed by atoms with Crippen molar-refractivity contribution < 1.29 is 26.7 Å². The van der Waals surface area contributed by atoms with E-state index in [2.05, 4.69) is 20.7 Å². The number of ether oxygens (including phenoxy) is 1. The number of hydrogen-bond donors (Lipinski definition) is 0. The minimum Gasteiger partial charge on any atom is -0.406 e. The summed E-state index contributed by atoms with van der Waals surface area (Å²) in [5.41, 5.74) is 1.02. The topological polar surface area (TPSA) is 9.23 Å². The van der Waals surface area contributed by atoms with Crippen LogP contribution >= 0.6 is 15.9 Å². The molecule has 0 spiro atoms. The van der Waals surface area contributed by atoms with Crippen LogP contribution < -0.4 is 4.74 Å². The van der Waals surface area contributed by atoms with Gasteiger partial charge in [0, 0.05) is 0 Å². The standard InChI is InChI=1S/C14H8BrF5O/c15-13(9-3-6-11(16)12(17)7-9)8-1-4-10(5-2-8)21-14(18,19)20/h1-7,13H. The van der Waals surface area contributed by atoms with Crippen LogP contribution in [0.4, 0.5) is 22.0 Å². The highest BCUT2D eigenvalue weighted by molar-refractivity contribution is 9.09. The average molecular weight is 367 g/mol. The van der Waals surface area contributed by atoms with Crippen molar-refractivity contribution in [3.05, 3.63) is 65.2 Å². The Hall–Kier alpha value is -1.63. The zero-order valence-electron chi connectivity index (χ0n) is 10.3. The van der Waals surface area contributed by atoms with E-state index >= 15 is 0 Å². The predicted molar refractivity (Wildman–Crippen MR) is 70.3 cm³/mol. The quantitative estimate of drug-likeness (QED) is 0.525. The van der Waals surface area contributed by atoms with E-state index in [9.17, 15) is 22.0 Å². The summed E-state index contributed by atoms with van der Waals surface area (Å²) in [6, 6.07) is 8.50. The maximum absolute atomic E-state index is 13.2. The molecular formula is C14H8BrF5O. The summed E-state index contributed by atoms with van der Waals surface area (Å²) in [5, 5.41) is 0. The van der Waals surface area contributed by atoms with E-state index in [0.29, 0.717) is 11.1 Å². The molecule has 2 aromatic carbocycles. The first-order chi connectivity index (χ1) is 9.76. The highest BCUT2D eigenvalue weighted by atomic mass is 79.9. The highest BCUT2D eigenvalue weighted by Gasteiger charge is 2.31. The first-order valence-corrected chi connectivity index (χ1v) is 6.62. The molecule has 0 bridgehead atoms. The Balaban J connectivity index is 2.19. The molecule has 21 heavy (non-hydrogen) atoms. The molecule has 1 unspecified atom stereocenters. The van der Waals surface area contributed by atoms with Gasteiger partial charge in [0.15, 0.2) is 11.6 Å². The van der Waals surface area contributed by atoms with Gasteiger partial charge in [-0.25, -0.2) is 8.78 Å².